The van der Waals surface area contributed by atoms with E-state index in [1.54, 1.807) is 0 Å². The smallest absolute Gasteiger partial charge is 0.338 e. The van der Waals surface area contributed by atoms with Crippen LogP contribution < -0.4 is 5.73 Å². The number of nitrogens with two attached hydrogens (primary N) is 1. The molecule has 0 radical (unpaired) electrons. The van der Waals surface area contributed by atoms with Gasteiger partial charge in [0.25, 0.3) is 0 Å². The van der Waals surface area contributed by atoms with Gasteiger partial charge < -0.3 is 15.9 Å². The minimum Gasteiger partial charge on any atom is -0.478 e. The van der Waals surface area contributed by atoms with Crippen molar-refractivity contribution in [2.75, 3.05) is 5.73 Å². The Labute approximate surface area is 142 Å². The van der Waals surface area contributed by atoms with Crippen molar-refractivity contribution in [1.29, 1.82) is 0 Å². The van der Waals surface area contributed by atoms with Crippen LogP contribution in [0.25, 0.3) is 11.3 Å². The van der Waals surface area contributed by atoms with Gasteiger partial charge in [-0.25, -0.2) is 23.5 Å². The van der Waals surface area contributed by atoms with Crippen LogP contribution in [0.2, 0.25) is 0 Å². The maximum absolute atomic E-state index is 13.9. The average Bonchev–Trinajstić information content (AvgIpc) is 2.57. The number of nitrogen functional groups attached to an aromatic ring is 1. The van der Waals surface area contributed by atoms with Crippen LogP contribution in [-0.4, -0.2) is 38.4 Å². The SMILES string of the molecule is Nc1ncc([C@@H]2CCC(O)[C@H](F)C2)nc1-c1ccc(C(=O)O)c(F)c1. The predicted octanol–water partition coefficient (Wildman–Crippen LogP) is 2.53. The molecule has 0 aliphatic heterocycles. The maximum atomic E-state index is 13.9. The lowest BCUT2D eigenvalue weighted by atomic mass is 9.84. The zero-order valence-electron chi connectivity index (χ0n) is 13.2. The maximum Gasteiger partial charge on any atom is 0.338 e. The second-order valence-electron chi connectivity index (χ2n) is 6.12. The standard InChI is InChI=1S/C17H17F2N3O3/c18-11-6-9(1-3-10(11)17(24)25)15-16(20)21-7-13(22-15)8-2-4-14(23)12(19)5-8/h1,3,6-8,12,14,23H,2,4-5H2,(H2,20,21)(H,24,25)/t8-,12-,14?/m1/s1. The summed E-state index contributed by atoms with van der Waals surface area (Å²) >= 11 is 0. The number of aromatic carboxylic acids is 1. The molecule has 1 aromatic carbocycles. The van der Waals surface area contributed by atoms with Gasteiger partial charge in [-0.1, -0.05) is 6.07 Å². The molecule has 1 aliphatic rings. The molecule has 1 aliphatic carbocycles. The van der Waals surface area contributed by atoms with Crippen molar-refractivity contribution in [3.05, 3.63) is 41.5 Å². The van der Waals surface area contributed by atoms with Gasteiger partial charge in [-0.2, -0.15) is 0 Å². The fourth-order valence-corrected chi connectivity index (χ4v) is 3.03. The van der Waals surface area contributed by atoms with Crippen molar-refractivity contribution < 1.29 is 23.8 Å². The van der Waals surface area contributed by atoms with Crippen molar-refractivity contribution in [2.45, 2.75) is 37.5 Å². The summed E-state index contributed by atoms with van der Waals surface area (Å²) in [7, 11) is 0. The van der Waals surface area contributed by atoms with Gasteiger partial charge in [-0.05, 0) is 31.4 Å². The number of rotatable bonds is 3. The second-order valence-corrected chi connectivity index (χ2v) is 6.12. The van der Waals surface area contributed by atoms with Gasteiger partial charge in [0, 0.05) is 11.5 Å². The van der Waals surface area contributed by atoms with Gasteiger partial charge in [-0.3, -0.25) is 0 Å². The molecule has 0 amide bonds. The van der Waals surface area contributed by atoms with Crippen LogP contribution in [0.15, 0.2) is 24.4 Å². The quantitative estimate of drug-likeness (QED) is 0.785. The molecule has 8 heteroatoms. The number of benzene rings is 1. The minimum atomic E-state index is -1.37. The molecule has 3 rings (SSSR count). The van der Waals surface area contributed by atoms with E-state index in [0.717, 1.165) is 12.1 Å². The molecule has 3 atom stereocenters. The lowest BCUT2D eigenvalue weighted by Gasteiger charge is -2.28. The first-order chi connectivity index (χ1) is 11.9. The van der Waals surface area contributed by atoms with E-state index in [1.807, 2.05) is 0 Å². The zero-order chi connectivity index (χ0) is 18.1. The van der Waals surface area contributed by atoms with Crippen molar-refractivity contribution in [3.8, 4) is 11.3 Å². The van der Waals surface area contributed by atoms with E-state index in [1.165, 1.54) is 12.3 Å². The molecule has 6 nitrogen and oxygen atoms in total. The van der Waals surface area contributed by atoms with Gasteiger partial charge in [0.1, 0.15) is 23.5 Å². The van der Waals surface area contributed by atoms with Crippen LogP contribution >= 0.6 is 0 Å². The average molecular weight is 349 g/mol. The third-order valence-corrected chi connectivity index (χ3v) is 4.45. The largest absolute Gasteiger partial charge is 0.478 e. The highest BCUT2D eigenvalue weighted by atomic mass is 19.1. The normalized spacial score (nSPS) is 23.4. The third kappa shape index (κ3) is 3.43. The molecule has 25 heavy (non-hydrogen) atoms. The van der Waals surface area contributed by atoms with Gasteiger partial charge >= 0.3 is 5.97 Å². The summed E-state index contributed by atoms with van der Waals surface area (Å²) in [5, 5.41) is 18.4. The summed E-state index contributed by atoms with van der Waals surface area (Å²) in [6, 6.07) is 3.57. The Hall–Kier alpha value is -2.61. The van der Waals surface area contributed by atoms with Crippen molar-refractivity contribution in [3.63, 3.8) is 0 Å². The molecule has 0 spiro atoms. The van der Waals surface area contributed by atoms with E-state index in [4.69, 9.17) is 10.8 Å². The Morgan fingerprint density at radius 2 is 2.08 bits per heavy atom. The number of alkyl halides is 1. The monoisotopic (exact) mass is 349 g/mol. The molecule has 1 saturated carbocycles. The number of carbonyl (C=O) groups is 1. The molecule has 1 fully saturated rings. The van der Waals surface area contributed by atoms with Crippen LogP contribution in [0.4, 0.5) is 14.6 Å². The number of halogens is 2. The summed E-state index contributed by atoms with van der Waals surface area (Å²) in [6.07, 6.45) is 0.187. The first-order valence-corrected chi connectivity index (χ1v) is 7.84. The summed E-state index contributed by atoms with van der Waals surface area (Å²) in [5.41, 5.74) is 6.40. The van der Waals surface area contributed by atoms with Crippen molar-refractivity contribution in [1.82, 2.24) is 9.97 Å². The van der Waals surface area contributed by atoms with E-state index >= 15 is 0 Å². The predicted molar refractivity (Wildman–Crippen MR) is 86.3 cm³/mol. The number of anilines is 1. The van der Waals surface area contributed by atoms with Gasteiger partial charge in [-0.15, -0.1) is 0 Å². The highest BCUT2D eigenvalue weighted by Crippen LogP contribution is 2.35. The Kier molecular flexibility index (Phi) is 4.63. The number of hydrogen-bond acceptors (Lipinski definition) is 5. The van der Waals surface area contributed by atoms with Crippen LogP contribution in [0, 0.1) is 5.82 Å². The number of aliphatic hydroxyl groups excluding tert-OH is 1. The second kappa shape index (κ2) is 6.72. The summed E-state index contributed by atoms with van der Waals surface area (Å²) in [4.78, 5) is 19.4. The highest BCUT2D eigenvalue weighted by molar-refractivity contribution is 5.88. The highest BCUT2D eigenvalue weighted by Gasteiger charge is 2.31. The number of aliphatic hydroxyl groups is 1. The molecule has 132 valence electrons. The summed E-state index contributed by atoms with van der Waals surface area (Å²) in [6.45, 7) is 0. The van der Waals surface area contributed by atoms with Gasteiger partial charge in [0.2, 0.25) is 0 Å². The molecule has 1 heterocycles. The number of nitrogens with zero attached hydrogens (tertiary/aromatic N) is 2. The van der Waals surface area contributed by atoms with Gasteiger partial charge in [0.15, 0.2) is 0 Å². The first kappa shape index (κ1) is 17.2. The molecule has 1 unspecified atom stereocenters. The third-order valence-electron chi connectivity index (χ3n) is 4.45. The van der Waals surface area contributed by atoms with E-state index in [0.29, 0.717) is 24.1 Å². The van der Waals surface area contributed by atoms with E-state index in [9.17, 15) is 18.7 Å². The lowest BCUT2D eigenvalue weighted by Crippen LogP contribution is -2.30. The number of hydrogen-bond donors (Lipinski definition) is 3. The number of carboxylic acid groups (broad SMARTS) is 1. The Morgan fingerprint density at radius 3 is 2.72 bits per heavy atom. The van der Waals surface area contributed by atoms with Crippen LogP contribution in [0.5, 0.6) is 0 Å². The first-order valence-electron chi connectivity index (χ1n) is 7.84. The van der Waals surface area contributed by atoms with Crippen molar-refractivity contribution in [2.24, 2.45) is 0 Å². The van der Waals surface area contributed by atoms with Crippen LogP contribution in [0.1, 0.15) is 41.2 Å². The van der Waals surface area contributed by atoms with Crippen LogP contribution in [0.3, 0.4) is 0 Å². The summed E-state index contributed by atoms with van der Waals surface area (Å²) < 4.78 is 27.7. The minimum absolute atomic E-state index is 0.0684. The zero-order valence-corrected chi connectivity index (χ0v) is 13.2. The number of aromatic nitrogens is 2. The lowest BCUT2D eigenvalue weighted by molar-refractivity contribution is 0.0363. The number of carboxylic acids is 1. The Bertz CT molecular complexity index is 816. The molecule has 4 N–H and O–H groups in total. The molecule has 0 saturated heterocycles. The van der Waals surface area contributed by atoms with E-state index < -0.39 is 29.6 Å². The Balaban J connectivity index is 1.95. The summed E-state index contributed by atoms with van der Waals surface area (Å²) in [5.74, 6) is -2.42. The fraction of sp³-hybridized carbons (Fsp3) is 0.353. The molecular formula is C17H17F2N3O3. The molecular weight excluding hydrogens is 332 g/mol. The molecule has 1 aromatic heterocycles. The van der Waals surface area contributed by atoms with Crippen molar-refractivity contribution >= 4 is 11.8 Å². The molecule has 2 aromatic rings. The topological polar surface area (TPSA) is 109 Å². The Morgan fingerprint density at radius 1 is 1.32 bits per heavy atom. The van der Waals surface area contributed by atoms with E-state index in [2.05, 4.69) is 9.97 Å². The fourth-order valence-electron chi connectivity index (χ4n) is 3.03. The van der Waals surface area contributed by atoms with Crippen LogP contribution in [-0.2, 0) is 0 Å². The van der Waals surface area contributed by atoms with E-state index in [-0.39, 0.29) is 23.9 Å². The van der Waals surface area contributed by atoms with Gasteiger partial charge in [0.05, 0.1) is 23.6 Å². The molecule has 0 bridgehead atoms.